The second-order valence-electron chi connectivity index (χ2n) is 7.96. The van der Waals surface area contributed by atoms with E-state index in [-0.39, 0.29) is 10.4 Å². The highest BCUT2D eigenvalue weighted by Crippen LogP contribution is 2.44. The van der Waals surface area contributed by atoms with E-state index >= 15 is 0 Å². The van der Waals surface area contributed by atoms with Gasteiger partial charge in [-0.1, -0.05) is 0 Å². The van der Waals surface area contributed by atoms with Crippen LogP contribution in [0.3, 0.4) is 0 Å². The molecule has 8 nitrogen and oxygen atoms in total. The molecule has 3 N–H and O–H groups in total. The van der Waals surface area contributed by atoms with Crippen LogP contribution < -0.4 is 20.9 Å². The van der Waals surface area contributed by atoms with E-state index in [9.17, 15) is 18.4 Å². The number of nitrogens with one attached hydrogen (secondary N) is 3. The molecule has 1 fully saturated rings. The Morgan fingerprint density at radius 1 is 1.15 bits per heavy atom. The van der Waals surface area contributed by atoms with Crippen LogP contribution in [0.2, 0.25) is 0 Å². The van der Waals surface area contributed by atoms with Gasteiger partial charge in [0.1, 0.15) is 11.6 Å². The minimum absolute atomic E-state index is 0.107. The van der Waals surface area contributed by atoms with Crippen molar-refractivity contribution in [3.05, 3.63) is 28.2 Å². The number of nitriles is 1. The van der Waals surface area contributed by atoms with Crippen LogP contribution in [0.25, 0.3) is 16.7 Å². The van der Waals surface area contributed by atoms with E-state index in [1.54, 1.807) is 25.7 Å². The summed E-state index contributed by atoms with van der Waals surface area (Å²) >= 11 is 3.33. The molecule has 0 saturated carbocycles. The summed E-state index contributed by atoms with van der Waals surface area (Å²) < 4.78 is 41.8. The van der Waals surface area contributed by atoms with Crippen molar-refractivity contribution in [3.63, 3.8) is 0 Å². The van der Waals surface area contributed by atoms with E-state index in [1.165, 1.54) is 6.07 Å². The minimum Gasteiger partial charge on any atom is -0.384 e. The standard InChI is InChI=1S/C22H24BrF3N8/c1-28-17-16-18(33-8-4-5-12(10-27)11-33)31-21(30-3)32-19(16)34(20(17)29-2)15-7-6-13(9-14(15)23)22(24,25)26/h6-7,9,12,28-29H,4-5,8,11H2,1-3H3,(H,30,31,32). The van der Waals surface area contributed by atoms with Crippen LogP contribution in [0.4, 0.5) is 36.4 Å². The first-order chi connectivity index (χ1) is 16.2. The predicted molar refractivity (Wildman–Crippen MR) is 131 cm³/mol. The zero-order valence-corrected chi connectivity index (χ0v) is 20.5. The second-order valence-corrected chi connectivity index (χ2v) is 8.81. The van der Waals surface area contributed by atoms with Gasteiger partial charge in [0.15, 0.2) is 5.65 Å². The van der Waals surface area contributed by atoms with E-state index in [4.69, 9.17) is 4.98 Å². The van der Waals surface area contributed by atoms with E-state index in [2.05, 4.69) is 47.8 Å². The third-order valence-electron chi connectivity index (χ3n) is 5.92. The molecular formula is C22H24BrF3N8. The fourth-order valence-electron chi connectivity index (χ4n) is 4.35. The van der Waals surface area contributed by atoms with Crippen LogP contribution in [0.5, 0.6) is 0 Å². The Hall–Kier alpha value is -3.20. The van der Waals surface area contributed by atoms with Gasteiger partial charge < -0.3 is 20.9 Å². The molecule has 0 radical (unpaired) electrons. The van der Waals surface area contributed by atoms with Crippen molar-refractivity contribution in [1.82, 2.24) is 14.5 Å². The molecule has 2 aromatic heterocycles. The molecule has 1 atom stereocenters. The molecule has 180 valence electrons. The number of anilines is 4. The normalized spacial score (nSPS) is 16.4. The number of alkyl halides is 3. The number of benzene rings is 1. The van der Waals surface area contributed by atoms with E-state index in [0.29, 0.717) is 41.2 Å². The lowest BCUT2D eigenvalue weighted by atomic mass is 9.99. The van der Waals surface area contributed by atoms with Gasteiger partial charge in [0, 0.05) is 38.7 Å². The van der Waals surface area contributed by atoms with Crippen molar-refractivity contribution >= 4 is 50.2 Å². The number of halogens is 4. The van der Waals surface area contributed by atoms with Crippen molar-refractivity contribution in [2.75, 3.05) is 55.1 Å². The molecule has 1 unspecified atom stereocenters. The number of nitrogens with zero attached hydrogens (tertiary/aromatic N) is 5. The molecule has 3 aromatic rings. The summed E-state index contributed by atoms with van der Waals surface area (Å²) in [6.07, 6.45) is -2.76. The number of fused-ring (bicyclic) bond motifs is 1. The highest BCUT2D eigenvalue weighted by atomic mass is 79.9. The van der Waals surface area contributed by atoms with Crippen molar-refractivity contribution < 1.29 is 13.2 Å². The predicted octanol–water partition coefficient (Wildman–Crippen LogP) is 5.07. The highest BCUT2D eigenvalue weighted by molar-refractivity contribution is 9.10. The zero-order chi connectivity index (χ0) is 24.6. The van der Waals surface area contributed by atoms with Gasteiger partial charge in [-0.2, -0.15) is 28.4 Å². The monoisotopic (exact) mass is 536 g/mol. The lowest BCUT2D eigenvalue weighted by molar-refractivity contribution is -0.137. The average Bonchev–Trinajstić information content (AvgIpc) is 3.15. The summed E-state index contributed by atoms with van der Waals surface area (Å²) in [5, 5.41) is 19.6. The van der Waals surface area contributed by atoms with Gasteiger partial charge in [0.05, 0.1) is 34.3 Å². The number of aromatic nitrogens is 3. The molecule has 0 aliphatic carbocycles. The summed E-state index contributed by atoms with van der Waals surface area (Å²) in [7, 11) is 5.21. The third-order valence-corrected chi connectivity index (χ3v) is 6.56. The first-order valence-electron chi connectivity index (χ1n) is 10.7. The topological polar surface area (TPSA) is 93.8 Å². The molecule has 1 aromatic carbocycles. The van der Waals surface area contributed by atoms with Gasteiger partial charge in [-0.3, -0.25) is 4.57 Å². The first-order valence-corrected chi connectivity index (χ1v) is 11.5. The molecule has 3 heterocycles. The summed E-state index contributed by atoms with van der Waals surface area (Å²) in [6, 6.07) is 5.88. The van der Waals surface area contributed by atoms with Crippen LogP contribution in [0.15, 0.2) is 22.7 Å². The molecule has 1 saturated heterocycles. The van der Waals surface area contributed by atoms with Gasteiger partial charge in [-0.15, -0.1) is 0 Å². The summed E-state index contributed by atoms with van der Waals surface area (Å²) in [6.45, 7) is 1.28. The van der Waals surface area contributed by atoms with Crippen LogP contribution in [0, 0.1) is 17.2 Å². The van der Waals surface area contributed by atoms with Crippen LogP contribution in [-0.2, 0) is 6.18 Å². The van der Waals surface area contributed by atoms with Gasteiger partial charge in [0.25, 0.3) is 0 Å². The van der Waals surface area contributed by atoms with Gasteiger partial charge in [0.2, 0.25) is 5.95 Å². The number of hydrogen-bond donors (Lipinski definition) is 3. The Labute approximate surface area is 203 Å². The molecule has 0 spiro atoms. The Bertz CT molecular complexity index is 1260. The Kier molecular flexibility index (Phi) is 6.49. The maximum absolute atomic E-state index is 13.3. The van der Waals surface area contributed by atoms with Crippen molar-refractivity contribution in [1.29, 1.82) is 5.26 Å². The fraction of sp³-hybridized carbons (Fsp3) is 0.409. The molecule has 0 amide bonds. The largest absolute Gasteiger partial charge is 0.416 e. The Morgan fingerprint density at radius 2 is 1.91 bits per heavy atom. The maximum Gasteiger partial charge on any atom is 0.416 e. The van der Waals surface area contributed by atoms with E-state index in [0.717, 1.165) is 36.9 Å². The van der Waals surface area contributed by atoms with Gasteiger partial charge in [-0.05, 0) is 47.0 Å². The molecule has 4 rings (SSSR count). The maximum atomic E-state index is 13.3. The lowest BCUT2D eigenvalue weighted by Crippen LogP contribution is -2.35. The SMILES string of the molecule is CNc1nc(N2CCCC(C#N)C2)c2c(NC)c(NC)n(-c3ccc(C(F)(F)F)cc3Br)c2n1. The first kappa shape index (κ1) is 23.9. The molecule has 1 aliphatic heterocycles. The molecule has 1 aliphatic rings. The summed E-state index contributed by atoms with van der Waals surface area (Å²) in [5.41, 5.74) is 0.967. The number of piperidine rings is 1. The highest BCUT2D eigenvalue weighted by Gasteiger charge is 2.32. The lowest BCUT2D eigenvalue weighted by Gasteiger charge is -2.31. The fourth-order valence-corrected chi connectivity index (χ4v) is 4.91. The van der Waals surface area contributed by atoms with Crippen molar-refractivity contribution in [2.24, 2.45) is 5.92 Å². The third kappa shape index (κ3) is 4.09. The minimum atomic E-state index is -4.46. The van der Waals surface area contributed by atoms with Crippen molar-refractivity contribution in [3.8, 4) is 11.8 Å². The van der Waals surface area contributed by atoms with E-state index in [1.807, 2.05) is 0 Å². The van der Waals surface area contributed by atoms with Crippen LogP contribution in [0.1, 0.15) is 18.4 Å². The summed E-state index contributed by atoms with van der Waals surface area (Å²) in [4.78, 5) is 11.5. The molecule has 0 bridgehead atoms. The van der Waals surface area contributed by atoms with Crippen LogP contribution in [-0.4, -0.2) is 48.8 Å². The average molecular weight is 537 g/mol. The van der Waals surface area contributed by atoms with Gasteiger partial charge >= 0.3 is 6.18 Å². The van der Waals surface area contributed by atoms with Crippen LogP contribution >= 0.6 is 15.9 Å². The smallest absolute Gasteiger partial charge is 0.384 e. The number of hydrogen-bond acceptors (Lipinski definition) is 7. The quantitative estimate of drug-likeness (QED) is 0.419. The Morgan fingerprint density at radius 3 is 2.50 bits per heavy atom. The number of rotatable bonds is 5. The molecule has 12 heteroatoms. The Balaban J connectivity index is 2.02. The van der Waals surface area contributed by atoms with Crippen molar-refractivity contribution in [2.45, 2.75) is 19.0 Å². The van der Waals surface area contributed by atoms with Gasteiger partial charge in [-0.25, -0.2) is 0 Å². The second kappa shape index (κ2) is 9.21. The summed E-state index contributed by atoms with van der Waals surface area (Å²) in [5.74, 6) is 1.55. The molecule has 34 heavy (non-hydrogen) atoms. The van der Waals surface area contributed by atoms with E-state index < -0.39 is 11.7 Å². The molecular weight excluding hydrogens is 513 g/mol. The zero-order valence-electron chi connectivity index (χ0n) is 18.9.